The average Bonchev–Trinajstić information content (AvgIpc) is 3.00. The first-order chi connectivity index (χ1) is 15.5. The van der Waals surface area contributed by atoms with Crippen LogP contribution in [0.4, 0.5) is 11.4 Å². The van der Waals surface area contributed by atoms with Crippen LogP contribution in [-0.2, 0) is 9.59 Å². The van der Waals surface area contributed by atoms with E-state index in [1.165, 1.54) is 16.7 Å². The van der Waals surface area contributed by atoms with Gasteiger partial charge >= 0.3 is 0 Å². The highest BCUT2D eigenvalue weighted by Gasteiger charge is 2.40. The molecule has 0 bridgehead atoms. The molecule has 1 N–H and O–H groups in total. The number of nitrogens with one attached hydrogen (secondary N) is 1. The lowest BCUT2D eigenvalue weighted by Crippen LogP contribution is -2.32. The second-order valence-corrected chi connectivity index (χ2v) is 8.65. The van der Waals surface area contributed by atoms with Crippen LogP contribution < -0.4 is 15.0 Å². The van der Waals surface area contributed by atoms with Crippen molar-refractivity contribution >= 4 is 46.6 Å². The Hall–Kier alpha value is -3.22. The molecule has 0 aromatic heterocycles. The molecule has 0 fully saturated rings. The highest BCUT2D eigenvalue weighted by Crippen LogP contribution is 2.38. The number of nitrogens with zero attached hydrogens (tertiary/aromatic N) is 1. The zero-order valence-electron chi connectivity index (χ0n) is 17.6. The van der Waals surface area contributed by atoms with Gasteiger partial charge in [-0.05, 0) is 68.4 Å². The normalized spacial score (nSPS) is 13.7. The van der Waals surface area contributed by atoms with Crippen LogP contribution in [-0.4, -0.2) is 18.4 Å². The maximum Gasteiger partial charge on any atom is 0.283 e. The Labute approximate surface area is 196 Å². The summed E-state index contributed by atoms with van der Waals surface area (Å²) in [4.78, 5) is 29.1. The van der Waals surface area contributed by atoms with E-state index in [0.717, 1.165) is 10.5 Å². The van der Waals surface area contributed by atoms with E-state index in [2.05, 4.69) is 5.32 Å². The van der Waals surface area contributed by atoms with Crippen LogP contribution >= 0.6 is 23.4 Å². The first-order valence-electron chi connectivity index (χ1n) is 10.1. The van der Waals surface area contributed by atoms with E-state index in [1.54, 1.807) is 48.5 Å². The molecular weight excluding hydrogens is 444 g/mol. The minimum absolute atomic E-state index is 0.219. The summed E-state index contributed by atoms with van der Waals surface area (Å²) < 4.78 is 5.47. The third-order valence-corrected chi connectivity index (χ3v) is 6.11. The van der Waals surface area contributed by atoms with Gasteiger partial charge in [0.1, 0.15) is 16.4 Å². The molecule has 3 aromatic carbocycles. The molecule has 0 saturated heterocycles. The highest BCUT2D eigenvalue weighted by atomic mass is 35.5. The number of rotatable bonds is 7. The lowest BCUT2D eigenvalue weighted by atomic mass is 10.2. The zero-order valence-corrected chi connectivity index (χ0v) is 19.2. The first-order valence-corrected chi connectivity index (χ1v) is 11.3. The minimum Gasteiger partial charge on any atom is -0.494 e. The van der Waals surface area contributed by atoms with Crippen LogP contribution in [0.1, 0.15) is 12.5 Å². The van der Waals surface area contributed by atoms with Gasteiger partial charge in [-0.2, -0.15) is 0 Å². The molecule has 0 unspecified atom stereocenters. The molecule has 3 aromatic rings. The summed E-state index contributed by atoms with van der Waals surface area (Å²) in [7, 11) is 0. The summed E-state index contributed by atoms with van der Waals surface area (Å²) in [6.45, 7) is 4.43. The Kier molecular flexibility index (Phi) is 6.53. The molecule has 1 aliphatic rings. The number of hydrogen-bond donors (Lipinski definition) is 1. The SMILES string of the molecule is CCOc1ccc(N2C(=O)C(Nc3cccc(Cl)c3)=C(Sc3ccc(C)cc3)C2=O)cc1. The van der Waals surface area contributed by atoms with Crippen molar-refractivity contribution in [2.24, 2.45) is 0 Å². The molecule has 1 aliphatic heterocycles. The minimum atomic E-state index is -0.422. The molecule has 0 spiro atoms. The monoisotopic (exact) mass is 464 g/mol. The molecule has 0 atom stereocenters. The van der Waals surface area contributed by atoms with Crippen molar-refractivity contribution in [2.75, 3.05) is 16.8 Å². The predicted molar refractivity (Wildman–Crippen MR) is 129 cm³/mol. The fraction of sp³-hybridized carbons (Fsp3) is 0.120. The number of anilines is 2. The Bertz CT molecular complexity index is 1190. The number of ether oxygens (including phenoxy) is 1. The van der Waals surface area contributed by atoms with Gasteiger partial charge in [0.2, 0.25) is 0 Å². The lowest BCUT2D eigenvalue weighted by Gasteiger charge is -2.16. The van der Waals surface area contributed by atoms with E-state index in [9.17, 15) is 9.59 Å². The van der Waals surface area contributed by atoms with Gasteiger partial charge in [0, 0.05) is 15.6 Å². The third kappa shape index (κ3) is 4.66. The van der Waals surface area contributed by atoms with Crippen molar-refractivity contribution in [1.82, 2.24) is 0 Å². The molecule has 2 amide bonds. The van der Waals surface area contributed by atoms with Crippen LogP contribution in [0.25, 0.3) is 0 Å². The van der Waals surface area contributed by atoms with E-state index >= 15 is 0 Å². The number of imide groups is 1. The number of halogens is 1. The highest BCUT2D eigenvalue weighted by molar-refractivity contribution is 8.04. The molecular formula is C25H21ClN2O3S. The molecule has 4 rings (SSSR count). The summed E-state index contributed by atoms with van der Waals surface area (Å²) in [5, 5.41) is 3.64. The maximum atomic E-state index is 13.4. The van der Waals surface area contributed by atoms with Crippen LogP contribution in [0.3, 0.4) is 0 Å². The lowest BCUT2D eigenvalue weighted by molar-refractivity contribution is -0.120. The van der Waals surface area contributed by atoms with Crippen LogP contribution in [0.2, 0.25) is 5.02 Å². The van der Waals surface area contributed by atoms with Crippen LogP contribution in [0.15, 0.2) is 88.3 Å². The van der Waals surface area contributed by atoms with Gasteiger partial charge in [0.05, 0.1) is 12.3 Å². The van der Waals surface area contributed by atoms with Gasteiger partial charge in [0.25, 0.3) is 11.8 Å². The van der Waals surface area contributed by atoms with E-state index in [0.29, 0.717) is 33.7 Å². The van der Waals surface area contributed by atoms with Crippen molar-refractivity contribution < 1.29 is 14.3 Å². The Morgan fingerprint density at radius 2 is 1.69 bits per heavy atom. The number of carbonyl (C=O) groups excluding carboxylic acids is 2. The van der Waals surface area contributed by atoms with E-state index < -0.39 is 5.91 Å². The smallest absolute Gasteiger partial charge is 0.283 e. The molecule has 0 radical (unpaired) electrons. The van der Waals surface area contributed by atoms with E-state index in [4.69, 9.17) is 16.3 Å². The average molecular weight is 465 g/mol. The van der Waals surface area contributed by atoms with E-state index in [1.807, 2.05) is 38.1 Å². The number of aryl methyl sites for hydroxylation is 1. The second-order valence-electron chi connectivity index (χ2n) is 7.13. The summed E-state index contributed by atoms with van der Waals surface area (Å²) in [6, 6.07) is 21.7. The molecule has 0 aliphatic carbocycles. The number of thioether (sulfide) groups is 1. The molecule has 5 nitrogen and oxygen atoms in total. The maximum absolute atomic E-state index is 13.4. The van der Waals surface area contributed by atoms with Crippen LogP contribution in [0.5, 0.6) is 5.75 Å². The number of amides is 2. The predicted octanol–water partition coefficient (Wildman–Crippen LogP) is 6.04. The van der Waals surface area contributed by atoms with E-state index in [-0.39, 0.29) is 11.6 Å². The Morgan fingerprint density at radius 1 is 0.969 bits per heavy atom. The van der Waals surface area contributed by atoms with Crippen molar-refractivity contribution in [2.45, 2.75) is 18.7 Å². The zero-order chi connectivity index (χ0) is 22.7. The number of hydrogen-bond acceptors (Lipinski definition) is 5. The first kappa shape index (κ1) is 22.0. The van der Waals surface area contributed by atoms with Gasteiger partial charge in [0.15, 0.2) is 0 Å². The van der Waals surface area contributed by atoms with Crippen molar-refractivity contribution in [3.05, 3.63) is 94.0 Å². The van der Waals surface area contributed by atoms with Gasteiger partial charge < -0.3 is 10.1 Å². The van der Waals surface area contributed by atoms with Crippen molar-refractivity contribution in [1.29, 1.82) is 0 Å². The Morgan fingerprint density at radius 3 is 2.34 bits per heavy atom. The number of benzene rings is 3. The summed E-state index contributed by atoms with van der Waals surface area (Å²) in [6.07, 6.45) is 0. The molecule has 162 valence electrons. The topological polar surface area (TPSA) is 58.6 Å². The molecule has 0 saturated carbocycles. The summed E-state index contributed by atoms with van der Waals surface area (Å²) >= 11 is 7.37. The summed E-state index contributed by atoms with van der Waals surface area (Å²) in [5.41, 5.74) is 2.44. The largest absolute Gasteiger partial charge is 0.494 e. The van der Waals surface area contributed by atoms with Gasteiger partial charge in [-0.25, -0.2) is 4.90 Å². The number of carbonyl (C=O) groups is 2. The van der Waals surface area contributed by atoms with Gasteiger partial charge in [-0.3, -0.25) is 9.59 Å². The molecule has 32 heavy (non-hydrogen) atoms. The van der Waals surface area contributed by atoms with Crippen molar-refractivity contribution in [3.8, 4) is 5.75 Å². The van der Waals surface area contributed by atoms with Gasteiger partial charge in [-0.1, -0.05) is 47.1 Å². The van der Waals surface area contributed by atoms with Crippen molar-refractivity contribution in [3.63, 3.8) is 0 Å². The van der Waals surface area contributed by atoms with Gasteiger partial charge in [-0.15, -0.1) is 0 Å². The summed E-state index contributed by atoms with van der Waals surface area (Å²) in [5.74, 6) is -0.127. The second kappa shape index (κ2) is 9.51. The fourth-order valence-corrected chi connectivity index (χ4v) is 4.36. The quantitative estimate of drug-likeness (QED) is 0.432. The molecule has 7 heteroatoms. The van der Waals surface area contributed by atoms with Crippen LogP contribution in [0, 0.1) is 6.92 Å². The standard InChI is InChI=1S/C25H21ClN2O3S/c1-3-31-20-11-9-19(10-12-20)28-24(29)22(27-18-6-4-5-17(26)15-18)23(25(28)30)32-21-13-7-16(2)8-14-21/h4-15,27H,3H2,1-2H3. The Balaban J connectivity index is 1.70. The molecule has 1 heterocycles. The third-order valence-electron chi connectivity index (χ3n) is 4.78. The fourth-order valence-electron chi connectivity index (χ4n) is 3.24.